The lowest BCUT2D eigenvalue weighted by Crippen LogP contribution is -2.44. The lowest BCUT2D eigenvalue weighted by Gasteiger charge is -2.32. The number of imidazole rings is 1. The van der Waals surface area contributed by atoms with E-state index in [0.717, 1.165) is 50.5 Å². The molecule has 34 heavy (non-hydrogen) atoms. The third-order valence-electron chi connectivity index (χ3n) is 6.51. The molecule has 5 heterocycles. The molecule has 10 heteroatoms. The summed E-state index contributed by atoms with van der Waals surface area (Å²) in [5.41, 5.74) is 2.17. The molecule has 1 amide bonds. The molecule has 2 aliphatic heterocycles. The van der Waals surface area contributed by atoms with Crippen LogP contribution >= 0.6 is 0 Å². The highest BCUT2D eigenvalue weighted by Crippen LogP contribution is 2.26. The molecule has 0 spiro atoms. The van der Waals surface area contributed by atoms with E-state index in [1.165, 1.54) is 12.3 Å². The molecule has 2 saturated heterocycles. The number of hydrogen-bond donors (Lipinski definition) is 1. The number of amides is 1. The van der Waals surface area contributed by atoms with Crippen LogP contribution in [0.4, 0.5) is 10.2 Å². The van der Waals surface area contributed by atoms with E-state index in [1.54, 1.807) is 21.6 Å². The van der Waals surface area contributed by atoms with Crippen molar-refractivity contribution in [2.45, 2.75) is 25.7 Å². The topological polar surface area (TPSA) is 102 Å². The standard InChI is InChI=1S/C24H27FN8O/c25-18-3-4-21-28-14-20(33(21)16-18)24-29-19(13-22(30-24)31-10-7-27-8-11-31)12-17-2-1-9-32(15-17)23(34)5-6-26/h3-4,13-14,16-17,27H,1-2,5,7-12,15H2/t17-/m0/s1. The Morgan fingerprint density at radius 1 is 1.24 bits per heavy atom. The maximum atomic E-state index is 14.0. The van der Waals surface area contributed by atoms with Crippen LogP contribution in [0, 0.1) is 23.1 Å². The summed E-state index contributed by atoms with van der Waals surface area (Å²) >= 11 is 0. The van der Waals surface area contributed by atoms with Crippen LogP contribution in [0.2, 0.25) is 0 Å². The molecule has 0 bridgehead atoms. The zero-order valence-corrected chi connectivity index (χ0v) is 19.0. The minimum Gasteiger partial charge on any atom is -0.354 e. The molecule has 5 rings (SSSR count). The molecule has 3 aromatic rings. The molecular formula is C24H27FN8O. The number of piperidine rings is 1. The summed E-state index contributed by atoms with van der Waals surface area (Å²) in [6.07, 6.45) is 5.62. The first-order valence-corrected chi connectivity index (χ1v) is 11.7. The van der Waals surface area contributed by atoms with E-state index in [9.17, 15) is 9.18 Å². The number of carbonyl (C=O) groups excluding carboxylic acids is 1. The zero-order chi connectivity index (χ0) is 23.5. The first kappa shape index (κ1) is 22.2. The highest BCUT2D eigenvalue weighted by atomic mass is 19.1. The number of rotatable bonds is 5. The van der Waals surface area contributed by atoms with Gasteiger partial charge in [-0.05, 0) is 37.3 Å². The van der Waals surface area contributed by atoms with Crippen molar-refractivity contribution >= 4 is 17.4 Å². The molecule has 0 saturated carbocycles. The molecule has 0 unspecified atom stereocenters. The lowest BCUT2D eigenvalue weighted by atomic mass is 9.93. The molecule has 1 N–H and O–H groups in total. The van der Waals surface area contributed by atoms with E-state index < -0.39 is 0 Å². The summed E-state index contributed by atoms with van der Waals surface area (Å²) in [6, 6.07) is 7.01. The van der Waals surface area contributed by atoms with Gasteiger partial charge < -0.3 is 15.1 Å². The SMILES string of the molecule is N#CCC(=O)N1CCC[C@@H](Cc2cc(N3CCNCC3)nc(-c3cnc4ccc(F)cn34)n2)C1. The summed E-state index contributed by atoms with van der Waals surface area (Å²) in [5, 5.41) is 12.2. The summed E-state index contributed by atoms with van der Waals surface area (Å²) in [6.45, 7) is 4.78. The van der Waals surface area contributed by atoms with Gasteiger partial charge in [0, 0.05) is 57.2 Å². The molecule has 2 aliphatic rings. The first-order chi connectivity index (χ1) is 16.6. The second-order valence-corrected chi connectivity index (χ2v) is 8.88. The van der Waals surface area contributed by atoms with E-state index in [0.29, 0.717) is 36.7 Å². The molecule has 9 nitrogen and oxygen atoms in total. The largest absolute Gasteiger partial charge is 0.354 e. The van der Waals surface area contributed by atoms with E-state index in [-0.39, 0.29) is 24.1 Å². The van der Waals surface area contributed by atoms with Crippen LogP contribution in [0.15, 0.2) is 30.6 Å². The van der Waals surface area contributed by atoms with Gasteiger partial charge in [-0.3, -0.25) is 9.20 Å². The van der Waals surface area contributed by atoms with Crippen molar-refractivity contribution in [3.8, 4) is 17.6 Å². The van der Waals surface area contributed by atoms with Crippen LogP contribution in [-0.4, -0.2) is 69.4 Å². The van der Waals surface area contributed by atoms with E-state index >= 15 is 0 Å². The Labute approximate surface area is 197 Å². The fraction of sp³-hybridized carbons (Fsp3) is 0.458. The Morgan fingerprint density at radius 2 is 2.09 bits per heavy atom. The molecule has 0 aliphatic carbocycles. The maximum Gasteiger partial charge on any atom is 0.236 e. The number of halogens is 1. The quantitative estimate of drug-likeness (QED) is 0.619. The van der Waals surface area contributed by atoms with Crippen molar-refractivity contribution in [3.63, 3.8) is 0 Å². The Kier molecular flexibility index (Phi) is 6.36. The number of nitrogens with zero attached hydrogens (tertiary/aromatic N) is 7. The average molecular weight is 463 g/mol. The van der Waals surface area contributed by atoms with Crippen LogP contribution in [0.1, 0.15) is 25.0 Å². The minimum absolute atomic E-state index is 0.0810. The van der Waals surface area contributed by atoms with Crippen molar-refractivity contribution in [1.29, 1.82) is 5.26 Å². The van der Waals surface area contributed by atoms with Gasteiger partial charge in [-0.2, -0.15) is 5.26 Å². The Morgan fingerprint density at radius 3 is 2.91 bits per heavy atom. The summed E-state index contributed by atoms with van der Waals surface area (Å²) in [7, 11) is 0. The number of hydrogen-bond acceptors (Lipinski definition) is 7. The number of nitriles is 1. The van der Waals surface area contributed by atoms with Gasteiger partial charge in [0.25, 0.3) is 0 Å². The van der Waals surface area contributed by atoms with E-state index in [2.05, 4.69) is 15.2 Å². The third-order valence-corrected chi connectivity index (χ3v) is 6.51. The predicted molar refractivity (Wildman–Crippen MR) is 124 cm³/mol. The molecule has 0 aromatic carbocycles. The number of anilines is 1. The molecule has 0 radical (unpaired) electrons. The molecule has 3 aromatic heterocycles. The number of pyridine rings is 1. The van der Waals surface area contributed by atoms with Crippen molar-refractivity contribution in [2.75, 3.05) is 44.2 Å². The number of carbonyl (C=O) groups is 1. The highest BCUT2D eigenvalue weighted by Gasteiger charge is 2.25. The fourth-order valence-electron chi connectivity index (χ4n) is 4.81. The first-order valence-electron chi connectivity index (χ1n) is 11.7. The van der Waals surface area contributed by atoms with Crippen LogP contribution < -0.4 is 10.2 Å². The van der Waals surface area contributed by atoms with Crippen molar-refractivity contribution in [1.82, 2.24) is 29.6 Å². The lowest BCUT2D eigenvalue weighted by molar-refractivity contribution is -0.131. The van der Waals surface area contributed by atoms with Gasteiger partial charge in [0.05, 0.1) is 12.3 Å². The normalized spacial score (nSPS) is 18.8. The monoisotopic (exact) mass is 462 g/mol. The van der Waals surface area contributed by atoms with Crippen molar-refractivity contribution in [2.24, 2.45) is 5.92 Å². The minimum atomic E-state index is -0.352. The second-order valence-electron chi connectivity index (χ2n) is 8.88. The number of aromatic nitrogens is 4. The van der Waals surface area contributed by atoms with Gasteiger partial charge in [-0.1, -0.05) is 0 Å². The number of likely N-dealkylation sites (tertiary alicyclic amines) is 1. The second kappa shape index (κ2) is 9.73. The zero-order valence-electron chi connectivity index (χ0n) is 19.0. The van der Waals surface area contributed by atoms with Crippen LogP contribution in [-0.2, 0) is 11.2 Å². The Balaban J connectivity index is 1.47. The molecule has 176 valence electrons. The van der Waals surface area contributed by atoms with Crippen molar-refractivity contribution < 1.29 is 9.18 Å². The van der Waals surface area contributed by atoms with E-state index in [4.69, 9.17) is 15.2 Å². The Bertz CT molecular complexity index is 1230. The number of fused-ring (bicyclic) bond motifs is 1. The van der Waals surface area contributed by atoms with Gasteiger partial charge in [0.1, 0.15) is 29.4 Å². The maximum absolute atomic E-state index is 14.0. The third kappa shape index (κ3) is 4.70. The molecule has 2 fully saturated rings. The van der Waals surface area contributed by atoms with Gasteiger partial charge in [0.2, 0.25) is 5.91 Å². The van der Waals surface area contributed by atoms with Crippen LogP contribution in [0.5, 0.6) is 0 Å². The van der Waals surface area contributed by atoms with Crippen LogP contribution in [0.3, 0.4) is 0 Å². The van der Waals surface area contributed by atoms with Crippen molar-refractivity contribution in [3.05, 3.63) is 42.1 Å². The molecular weight excluding hydrogens is 435 g/mol. The van der Waals surface area contributed by atoms with Gasteiger partial charge in [0.15, 0.2) is 5.82 Å². The van der Waals surface area contributed by atoms with Crippen LogP contribution in [0.25, 0.3) is 17.2 Å². The summed E-state index contributed by atoms with van der Waals surface area (Å²) in [5.74, 6) is 1.16. The summed E-state index contributed by atoms with van der Waals surface area (Å²) in [4.78, 5) is 30.4. The van der Waals surface area contributed by atoms with Gasteiger partial charge in [-0.25, -0.2) is 19.3 Å². The number of nitrogens with one attached hydrogen (secondary N) is 1. The smallest absolute Gasteiger partial charge is 0.236 e. The van der Waals surface area contributed by atoms with Gasteiger partial charge >= 0.3 is 0 Å². The predicted octanol–water partition coefficient (Wildman–Crippen LogP) is 2.03. The van der Waals surface area contributed by atoms with E-state index in [1.807, 2.05) is 12.1 Å². The summed E-state index contributed by atoms with van der Waals surface area (Å²) < 4.78 is 15.6. The number of piperazine rings is 1. The highest BCUT2D eigenvalue weighted by molar-refractivity contribution is 5.78. The van der Waals surface area contributed by atoms with Gasteiger partial charge in [-0.15, -0.1) is 0 Å². The fourth-order valence-corrected chi connectivity index (χ4v) is 4.81. The average Bonchev–Trinajstić information content (AvgIpc) is 3.28. The molecule has 1 atom stereocenters. The Hall–Kier alpha value is -3.58.